The molecule has 0 spiro atoms. The fraction of sp³-hybridized carbons (Fsp3) is 0.0667. The number of nitrogens with zero attached hydrogens (tertiary/aromatic N) is 2. The van der Waals surface area contributed by atoms with E-state index in [9.17, 15) is 0 Å². The van der Waals surface area contributed by atoms with E-state index in [1.165, 1.54) is 0 Å². The number of alkyl halides is 2. The van der Waals surface area contributed by atoms with E-state index in [1.807, 2.05) is 60.7 Å². The van der Waals surface area contributed by atoms with E-state index in [2.05, 4.69) is 42.1 Å². The molecule has 3 rings (SSSR count). The Hall–Kier alpha value is -1.19. The zero-order chi connectivity index (χ0) is 16.1. The molecule has 1 heterocycles. The molecule has 0 N–H and O–H groups in total. The smallest absolute Gasteiger partial charge is 0.289 e. The Kier molecular flexibility index (Phi) is 5.50. The van der Waals surface area contributed by atoms with E-state index in [0.717, 1.165) is 22.5 Å². The molecular formula is C15H10Br2N2O3S. The molecule has 0 bridgehead atoms. The molecule has 2 aromatic carbocycles. The lowest BCUT2D eigenvalue weighted by Gasteiger charge is -2.14. The Morgan fingerprint density at radius 1 is 0.913 bits per heavy atom. The van der Waals surface area contributed by atoms with E-state index in [0.29, 0.717) is 5.89 Å². The number of halogens is 2. The van der Waals surface area contributed by atoms with Crippen molar-refractivity contribution in [1.29, 1.82) is 0 Å². The predicted octanol–water partition coefficient (Wildman–Crippen LogP) is 5.29. The summed E-state index contributed by atoms with van der Waals surface area (Å²) in [5, 5.41) is 7.97. The number of benzene rings is 2. The number of aromatic nitrogens is 2. The molecule has 1 aromatic heterocycles. The molecule has 0 saturated heterocycles. The zero-order valence-electron chi connectivity index (χ0n) is 11.6. The van der Waals surface area contributed by atoms with Gasteiger partial charge in [-0.3, -0.25) is 0 Å². The minimum atomic E-state index is -1.23. The summed E-state index contributed by atoms with van der Waals surface area (Å²) < 4.78 is 9.52. The summed E-state index contributed by atoms with van der Waals surface area (Å²) in [6.07, 6.45) is 0. The molecule has 0 fully saturated rings. The van der Waals surface area contributed by atoms with Crippen LogP contribution in [0.1, 0.15) is 5.89 Å². The molecule has 0 saturated carbocycles. The van der Waals surface area contributed by atoms with Crippen molar-refractivity contribution in [3.8, 4) is 11.5 Å². The van der Waals surface area contributed by atoms with Crippen LogP contribution in [-0.2, 0) is 12.6 Å². The molecular weight excluding hydrogens is 448 g/mol. The van der Waals surface area contributed by atoms with Crippen molar-refractivity contribution in [2.24, 2.45) is 0 Å². The van der Waals surface area contributed by atoms with Gasteiger partial charge in [-0.2, -0.15) is 9.22 Å². The molecule has 5 nitrogen and oxygen atoms in total. The molecule has 23 heavy (non-hydrogen) atoms. The molecule has 0 amide bonds. The van der Waals surface area contributed by atoms with Crippen LogP contribution in [0.15, 0.2) is 70.0 Å². The molecule has 0 atom stereocenters. The lowest BCUT2D eigenvalue weighted by Crippen LogP contribution is -2.13. The maximum atomic E-state index is 5.61. The quantitative estimate of drug-likeness (QED) is 0.217. The second-order valence-corrected chi connectivity index (χ2v) is 8.41. The summed E-state index contributed by atoms with van der Waals surface area (Å²) in [6.45, 7) is 0. The Labute approximate surface area is 153 Å². The third-order valence-corrected chi connectivity index (χ3v) is 4.25. The van der Waals surface area contributed by atoms with Crippen LogP contribution in [0.2, 0.25) is 0 Å². The summed E-state index contributed by atoms with van der Waals surface area (Å²) in [5.74, 6) is 0.577. The van der Waals surface area contributed by atoms with Crippen LogP contribution in [-0.4, -0.2) is 10.2 Å². The van der Waals surface area contributed by atoms with Crippen LogP contribution < -0.4 is 0 Å². The summed E-state index contributed by atoms with van der Waals surface area (Å²) in [6, 6.07) is 19.0. The third kappa shape index (κ3) is 4.42. The molecule has 118 valence electrons. The van der Waals surface area contributed by atoms with Crippen molar-refractivity contribution in [2.45, 2.75) is 8.32 Å². The molecule has 8 heteroatoms. The average molecular weight is 458 g/mol. The molecule has 0 aliphatic carbocycles. The Morgan fingerprint density at radius 2 is 1.57 bits per heavy atom. The normalized spacial score (nSPS) is 11.6. The lowest BCUT2D eigenvalue weighted by atomic mass is 10.2. The first kappa shape index (κ1) is 16.7. The standard InChI is InChI=1S/C15H10Br2N2O3S/c16-15(17,21-22-23-12-9-5-2-6-10-12)14-19-18-13(20-14)11-7-3-1-4-8-11/h1-10H. The van der Waals surface area contributed by atoms with E-state index in [1.54, 1.807) is 0 Å². The van der Waals surface area contributed by atoms with Gasteiger partial charge >= 0.3 is 0 Å². The fourth-order valence-electron chi connectivity index (χ4n) is 1.65. The highest BCUT2D eigenvalue weighted by atomic mass is 79.9. The van der Waals surface area contributed by atoms with Crippen LogP contribution in [0.4, 0.5) is 0 Å². The van der Waals surface area contributed by atoms with Gasteiger partial charge in [-0.05, 0) is 56.1 Å². The predicted molar refractivity (Wildman–Crippen MR) is 93.7 cm³/mol. The van der Waals surface area contributed by atoms with Crippen molar-refractivity contribution in [3.05, 3.63) is 66.6 Å². The maximum Gasteiger partial charge on any atom is 0.289 e. The molecule has 0 radical (unpaired) electrons. The summed E-state index contributed by atoms with van der Waals surface area (Å²) in [7, 11) is 0. The van der Waals surface area contributed by atoms with Crippen molar-refractivity contribution >= 4 is 43.9 Å². The number of hydrogen-bond donors (Lipinski definition) is 0. The van der Waals surface area contributed by atoms with Crippen LogP contribution in [0.3, 0.4) is 0 Å². The van der Waals surface area contributed by atoms with Gasteiger partial charge in [-0.15, -0.1) is 10.2 Å². The van der Waals surface area contributed by atoms with Crippen LogP contribution in [0, 0.1) is 0 Å². The van der Waals surface area contributed by atoms with Crippen LogP contribution in [0.5, 0.6) is 0 Å². The van der Waals surface area contributed by atoms with Crippen LogP contribution in [0.25, 0.3) is 11.5 Å². The average Bonchev–Trinajstić information content (AvgIpc) is 3.07. The zero-order valence-corrected chi connectivity index (χ0v) is 15.5. The second-order valence-electron chi connectivity index (χ2n) is 4.34. The SMILES string of the molecule is BrC(Br)(OOSc1ccccc1)c1nnc(-c2ccccc2)o1. The Morgan fingerprint density at radius 3 is 2.26 bits per heavy atom. The van der Waals surface area contributed by atoms with Crippen molar-refractivity contribution in [1.82, 2.24) is 10.2 Å². The van der Waals surface area contributed by atoms with Gasteiger partial charge in [0.2, 0.25) is 5.89 Å². The first-order chi connectivity index (χ1) is 11.1. The van der Waals surface area contributed by atoms with Gasteiger partial charge in [0.05, 0.1) is 12.0 Å². The van der Waals surface area contributed by atoms with Gasteiger partial charge in [0.1, 0.15) is 0 Å². The monoisotopic (exact) mass is 456 g/mol. The van der Waals surface area contributed by atoms with Crippen molar-refractivity contribution < 1.29 is 13.6 Å². The number of rotatable bonds is 6. The van der Waals surface area contributed by atoms with Gasteiger partial charge in [0.25, 0.3) is 9.31 Å². The summed E-state index contributed by atoms with van der Waals surface area (Å²) in [5.41, 5.74) is 0.821. The topological polar surface area (TPSA) is 57.4 Å². The van der Waals surface area contributed by atoms with Gasteiger partial charge in [0, 0.05) is 10.5 Å². The van der Waals surface area contributed by atoms with E-state index in [-0.39, 0.29) is 5.89 Å². The second kappa shape index (κ2) is 7.59. The van der Waals surface area contributed by atoms with E-state index < -0.39 is 3.42 Å². The van der Waals surface area contributed by atoms with E-state index >= 15 is 0 Å². The fourth-order valence-corrected chi connectivity index (χ4v) is 2.76. The first-order valence-electron chi connectivity index (χ1n) is 6.50. The minimum Gasteiger partial charge on any atom is -0.416 e. The molecule has 0 aliphatic heterocycles. The van der Waals surface area contributed by atoms with Gasteiger partial charge in [0.15, 0.2) is 0 Å². The highest BCUT2D eigenvalue weighted by Gasteiger charge is 2.35. The third-order valence-electron chi connectivity index (χ3n) is 2.71. The highest BCUT2D eigenvalue weighted by molar-refractivity contribution is 9.24. The minimum absolute atomic E-state index is 0.185. The highest BCUT2D eigenvalue weighted by Crippen LogP contribution is 2.41. The Bertz CT molecular complexity index is 754. The molecule has 3 aromatic rings. The lowest BCUT2D eigenvalue weighted by molar-refractivity contribution is -0.219. The maximum absolute atomic E-state index is 5.61. The van der Waals surface area contributed by atoms with Gasteiger partial charge < -0.3 is 4.42 Å². The summed E-state index contributed by atoms with van der Waals surface area (Å²) in [4.78, 5) is 6.17. The summed E-state index contributed by atoms with van der Waals surface area (Å²) >= 11 is 7.69. The Balaban J connectivity index is 1.64. The van der Waals surface area contributed by atoms with Crippen molar-refractivity contribution in [3.63, 3.8) is 0 Å². The largest absolute Gasteiger partial charge is 0.416 e. The van der Waals surface area contributed by atoms with Crippen molar-refractivity contribution in [2.75, 3.05) is 0 Å². The molecule has 0 aliphatic rings. The van der Waals surface area contributed by atoms with Gasteiger partial charge in [-0.1, -0.05) is 36.4 Å². The van der Waals surface area contributed by atoms with E-state index in [4.69, 9.17) is 13.6 Å². The number of hydrogen-bond acceptors (Lipinski definition) is 6. The molecule has 0 unspecified atom stereocenters. The van der Waals surface area contributed by atoms with Crippen LogP contribution >= 0.6 is 43.9 Å². The first-order valence-corrected chi connectivity index (χ1v) is 8.82. The van der Waals surface area contributed by atoms with Gasteiger partial charge in [-0.25, -0.2) is 0 Å².